The molecule has 2 aromatic rings. The van der Waals surface area contributed by atoms with E-state index in [-0.39, 0.29) is 11.8 Å². The van der Waals surface area contributed by atoms with Gasteiger partial charge in [-0.2, -0.15) is 0 Å². The molecule has 36 heavy (non-hydrogen) atoms. The average Bonchev–Trinajstić information content (AvgIpc) is 2.90. The van der Waals surface area contributed by atoms with Gasteiger partial charge in [-0.3, -0.25) is 14.5 Å². The van der Waals surface area contributed by atoms with E-state index in [4.69, 9.17) is 11.6 Å². The molecule has 0 saturated heterocycles. The van der Waals surface area contributed by atoms with E-state index in [0.717, 1.165) is 49.9 Å². The molecule has 0 spiro atoms. The Bertz CT molecular complexity index is 1100. The van der Waals surface area contributed by atoms with Gasteiger partial charge in [-0.05, 0) is 43.9 Å². The standard InChI is InChI=1S/C26H31ClN6O3/c1-32(17-11-4-2-3-8-16-24(34)30-31-36)25(35)20-18-28-26(29-19-20)33(21-12-6-5-7-13-21)23-15-10-9-14-22(23)27/h6,9-10,12-15,18-19H,2-5,7-8,11,16-17H2,1H3,(H,30,34,36). The molecule has 0 atom stereocenters. The maximum atomic E-state index is 12.9. The Labute approximate surface area is 216 Å². The Balaban J connectivity index is 1.55. The van der Waals surface area contributed by atoms with Gasteiger partial charge in [0.1, 0.15) is 0 Å². The van der Waals surface area contributed by atoms with Crippen LogP contribution in [0.2, 0.25) is 5.02 Å². The second-order valence-electron chi connectivity index (χ2n) is 8.54. The zero-order chi connectivity index (χ0) is 25.8. The average molecular weight is 511 g/mol. The molecule has 0 fully saturated rings. The zero-order valence-corrected chi connectivity index (χ0v) is 21.2. The fourth-order valence-corrected chi connectivity index (χ4v) is 4.12. The van der Waals surface area contributed by atoms with Crippen LogP contribution in [0.1, 0.15) is 61.7 Å². The molecule has 0 radical (unpaired) electrons. The van der Waals surface area contributed by atoms with Gasteiger partial charge in [0.2, 0.25) is 11.9 Å². The number of nitrogens with one attached hydrogen (secondary N) is 1. The van der Waals surface area contributed by atoms with Crippen LogP contribution in [0.15, 0.2) is 65.9 Å². The molecule has 1 heterocycles. The van der Waals surface area contributed by atoms with Gasteiger partial charge in [-0.1, -0.05) is 55.1 Å². The van der Waals surface area contributed by atoms with Crippen molar-refractivity contribution in [1.82, 2.24) is 20.3 Å². The highest BCUT2D eigenvalue weighted by Gasteiger charge is 2.20. The molecule has 1 N–H and O–H groups in total. The van der Waals surface area contributed by atoms with E-state index in [1.807, 2.05) is 40.7 Å². The number of amides is 2. The van der Waals surface area contributed by atoms with E-state index >= 15 is 0 Å². The van der Waals surface area contributed by atoms with E-state index in [1.54, 1.807) is 24.3 Å². The maximum absolute atomic E-state index is 12.9. The van der Waals surface area contributed by atoms with Crippen LogP contribution in [0.5, 0.6) is 0 Å². The fourth-order valence-electron chi connectivity index (χ4n) is 3.90. The number of benzene rings is 1. The number of hydrogen-bond acceptors (Lipinski definition) is 7. The highest BCUT2D eigenvalue weighted by Crippen LogP contribution is 2.34. The molecular weight excluding hydrogens is 480 g/mol. The highest BCUT2D eigenvalue weighted by molar-refractivity contribution is 6.33. The van der Waals surface area contributed by atoms with Gasteiger partial charge in [0.15, 0.2) is 0 Å². The van der Waals surface area contributed by atoms with Crippen LogP contribution in [0.4, 0.5) is 11.6 Å². The molecular formula is C26H31ClN6O3. The number of carbonyl (C=O) groups is 2. The van der Waals surface area contributed by atoms with Crippen molar-refractivity contribution < 1.29 is 9.59 Å². The molecule has 1 aromatic heterocycles. The normalized spacial score (nSPS) is 12.6. The molecule has 0 bridgehead atoms. The maximum Gasteiger partial charge on any atom is 0.256 e. The molecule has 3 rings (SSSR count). The van der Waals surface area contributed by atoms with Crippen molar-refractivity contribution in [2.75, 3.05) is 18.5 Å². The Morgan fingerprint density at radius 2 is 1.78 bits per heavy atom. The van der Waals surface area contributed by atoms with Gasteiger partial charge in [-0.25, -0.2) is 15.4 Å². The van der Waals surface area contributed by atoms with Crippen LogP contribution in [-0.2, 0) is 4.79 Å². The Kier molecular flexibility index (Phi) is 10.6. The first-order valence-electron chi connectivity index (χ1n) is 12.1. The number of aromatic nitrogens is 2. The highest BCUT2D eigenvalue weighted by atomic mass is 35.5. The monoisotopic (exact) mass is 510 g/mol. The summed E-state index contributed by atoms with van der Waals surface area (Å²) < 4.78 is 0. The van der Waals surface area contributed by atoms with Gasteiger partial charge >= 0.3 is 0 Å². The number of allylic oxidation sites excluding steroid dienone is 3. The van der Waals surface area contributed by atoms with Crippen LogP contribution in [0.3, 0.4) is 0 Å². The van der Waals surface area contributed by atoms with Gasteiger partial charge in [0.05, 0.1) is 21.6 Å². The van der Waals surface area contributed by atoms with Crippen LogP contribution >= 0.6 is 11.6 Å². The number of hydrogen-bond donors (Lipinski definition) is 1. The lowest BCUT2D eigenvalue weighted by Crippen LogP contribution is -2.28. The number of halogens is 1. The molecule has 1 aliphatic rings. The van der Waals surface area contributed by atoms with Crippen molar-refractivity contribution >= 4 is 35.1 Å². The number of unbranched alkanes of at least 4 members (excludes halogenated alkanes) is 4. The predicted molar refractivity (Wildman–Crippen MR) is 141 cm³/mol. The molecule has 0 aliphatic heterocycles. The van der Waals surface area contributed by atoms with Gasteiger partial charge < -0.3 is 4.90 Å². The molecule has 0 saturated carbocycles. The van der Waals surface area contributed by atoms with Crippen molar-refractivity contribution in [3.63, 3.8) is 0 Å². The first kappa shape index (κ1) is 27.0. The second-order valence-corrected chi connectivity index (χ2v) is 8.95. The largest absolute Gasteiger partial charge is 0.342 e. The molecule has 0 unspecified atom stereocenters. The van der Waals surface area contributed by atoms with Crippen molar-refractivity contribution in [2.45, 2.75) is 51.4 Å². The zero-order valence-electron chi connectivity index (χ0n) is 20.4. The minimum atomic E-state index is -0.356. The number of nitroso groups, excluding NO2 is 1. The molecule has 9 nitrogen and oxygen atoms in total. The Morgan fingerprint density at radius 3 is 2.47 bits per heavy atom. The first-order chi connectivity index (χ1) is 17.5. The molecule has 2 amide bonds. The quantitative estimate of drug-likeness (QED) is 0.210. The molecule has 190 valence electrons. The summed E-state index contributed by atoms with van der Waals surface area (Å²) >= 11 is 6.48. The third-order valence-electron chi connectivity index (χ3n) is 5.83. The van der Waals surface area contributed by atoms with E-state index in [9.17, 15) is 14.5 Å². The van der Waals surface area contributed by atoms with E-state index < -0.39 is 0 Å². The third-order valence-corrected chi connectivity index (χ3v) is 6.15. The third kappa shape index (κ3) is 7.71. The number of anilines is 2. The molecule has 10 heteroatoms. The van der Waals surface area contributed by atoms with Crippen LogP contribution in [0, 0.1) is 4.91 Å². The number of rotatable bonds is 13. The van der Waals surface area contributed by atoms with E-state index in [2.05, 4.69) is 27.4 Å². The van der Waals surface area contributed by atoms with Crippen molar-refractivity contribution in [3.05, 3.63) is 76.1 Å². The SMILES string of the molecule is CN(CCCCCCCC(=O)NN=O)C(=O)c1cnc(N(C2=CCCC=C2)c2ccccc2Cl)nc1. The summed E-state index contributed by atoms with van der Waals surface area (Å²) in [5.41, 5.74) is 4.02. The summed E-state index contributed by atoms with van der Waals surface area (Å²) in [5.74, 6) is -0.0520. The summed E-state index contributed by atoms with van der Waals surface area (Å²) in [5, 5.41) is 2.95. The minimum absolute atomic E-state index is 0.138. The smallest absolute Gasteiger partial charge is 0.256 e. The lowest BCUT2D eigenvalue weighted by atomic mass is 10.1. The summed E-state index contributed by atoms with van der Waals surface area (Å²) in [6.07, 6.45) is 15.9. The predicted octanol–water partition coefficient (Wildman–Crippen LogP) is 5.71. The number of para-hydroxylation sites is 1. The van der Waals surface area contributed by atoms with Crippen molar-refractivity contribution in [1.29, 1.82) is 0 Å². The van der Waals surface area contributed by atoms with Crippen LogP contribution in [-0.4, -0.2) is 40.3 Å². The minimum Gasteiger partial charge on any atom is -0.342 e. The Morgan fingerprint density at radius 1 is 1.06 bits per heavy atom. The lowest BCUT2D eigenvalue weighted by Gasteiger charge is -2.26. The molecule has 1 aromatic carbocycles. The summed E-state index contributed by atoms with van der Waals surface area (Å²) in [6.45, 7) is 0.611. The Hall–Kier alpha value is -3.59. The fraction of sp³-hybridized carbons (Fsp3) is 0.385. The van der Waals surface area contributed by atoms with Crippen molar-refractivity contribution in [2.24, 2.45) is 5.29 Å². The summed E-state index contributed by atoms with van der Waals surface area (Å²) in [7, 11) is 1.76. The number of nitrogens with zero attached hydrogens (tertiary/aromatic N) is 5. The topological polar surface area (TPSA) is 108 Å². The van der Waals surface area contributed by atoms with Crippen LogP contribution < -0.4 is 10.3 Å². The lowest BCUT2D eigenvalue weighted by molar-refractivity contribution is -0.121. The second kappa shape index (κ2) is 14.1. The van der Waals surface area contributed by atoms with E-state index in [0.29, 0.717) is 35.9 Å². The molecule has 1 aliphatic carbocycles. The first-order valence-corrected chi connectivity index (χ1v) is 12.5. The van der Waals surface area contributed by atoms with Gasteiger partial charge in [0, 0.05) is 38.1 Å². The van der Waals surface area contributed by atoms with E-state index in [1.165, 1.54) is 0 Å². The van der Waals surface area contributed by atoms with Crippen molar-refractivity contribution in [3.8, 4) is 0 Å². The number of carbonyl (C=O) groups excluding carboxylic acids is 2. The summed E-state index contributed by atoms with van der Waals surface area (Å²) in [6, 6.07) is 7.53. The summed E-state index contributed by atoms with van der Waals surface area (Å²) in [4.78, 5) is 46.6. The van der Waals surface area contributed by atoms with Gasteiger partial charge in [-0.15, -0.1) is 4.91 Å². The van der Waals surface area contributed by atoms with Gasteiger partial charge in [0.25, 0.3) is 5.91 Å². The van der Waals surface area contributed by atoms with Crippen LogP contribution in [0.25, 0.3) is 0 Å².